The van der Waals surface area contributed by atoms with Crippen LogP contribution in [0.2, 0.25) is 5.02 Å². The van der Waals surface area contributed by atoms with Gasteiger partial charge in [0.1, 0.15) is 0 Å². The molecule has 1 aliphatic heterocycles. The normalized spacial score (nSPS) is 14.2. The topological polar surface area (TPSA) is 29.3 Å². The number of nitrogens with zero attached hydrogens (tertiary/aromatic N) is 1. The van der Waals surface area contributed by atoms with Crippen molar-refractivity contribution in [3.8, 4) is 0 Å². The van der Waals surface area contributed by atoms with Crippen molar-refractivity contribution < 1.29 is 0 Å². The number of rotatable bonds is 2. The summed E-state index contributed by atoms with van der Waals surface area (Å²) in [5.74, 6) is 0. The molecule has 0 bridgehead atoms. The highest BCUT2D eigenvalue weighted by molar-refractivity contribution is 6.31. The zero-order valence-corrected chi connectivity index (χ0v) is 12.5. The molecule has 20 heavy (non-hydrogen) atoms. The Hall–Kier alpha value is -1.67. The number of anilines is 2. The van der Waals surface area contributed by atoms with Gasteiger partial charge in [0.25, 0.3) is 0 Å². The first-order valence-electron chi connectivity index (χ1n) is 7.02. The van der Waals surface area contributed by atoms with E-state index in [4.69, 9.17) is 17.3 Å². The second kappa shape index (κ2) is 5.37. The third-order valence-electron chi connectivity index (χ3n) is 3.89. The molecule has 3 rings (SSSR count). The lowest BCUT2D eigenvalue weighted by Gasteiger charge is -2.32. The molecule has 0 fully saturated rings. The van der Waals surface area contributed by atoms with Crippen LogP contribution in [-0.4, -0.2) is 6.54 Å². The molecule has 2 aromatic rings. The number of halogens is 1. The highest BCUT2D eigenvalue weighted by Gasteiger charge is 2.18. The van der Waals surface area contributed by atoms with Crippen molar-refractivity contribution in [1.82, 2.24) is 0 Å². The average molecular weight is 287 g/mol. The Morgan fingerprint density at radius 3 is 2.85 bits per heavy atom. The molecule has 0 aliphatic carbocycles. The fourth-order valence-corrected chi connectivity index (χ4v) is 3.11. The van der Waals surface area contributed by atoms with E-state index in [-0.39, 0.29) is 0 Å². The second-order valence-corrected chi connectivity index (χ2v) is 5.92. The van der Waals surface area contributed by atoms with Gasteiger partial charge in [-0.05, 0) is 54.7 Å². The Kier molecular flexibility index (Phi) is 3.58. The van der Waals surface area contributed by atoms with E-state index >= 15 is 0 Å². The third kappa shape index (κ3) is 2.61. The minimum absolute atomic E-state index is 0.825. The van der Waals surface area contributed by atoms with Crippen molar-refractivity contribution in [3.63, 3.8) is 0 Å². The molecule has 2 N–H and O–H groups in total. The monoisotopic (exact) mass is 286 g/mol. The summed E-state index contributed by atoms with van der Waals surface area (Å²) in [7, 11) is 0. The number of fused-ring (bicyclic) bond motifs is 1. The predicted molar refractivity (Wildman–Crippen MR) is 86.4 cm³/mol. The van der Waals surface area contributed by atoms with Gasteiger partial charge in [-0.1, -0.05) is 29.8 Å². The number of nitrogen functional groups attached to an aromatic ring is 1. The van der Waals surface area contributed by atoms with Crippen LogP contribution in [0, 0.1) is 6.92 Å². The van der Waals surface area contributed by atoms with Crippen LogP contribution in [0.1, 0.15) is 23.1 Å². The standard InChI is InChI=1S/C17H19ClN2/c1-12-4-5-14(16(18)9-12)11-20-8-2-3-13-6-7-15(19)10-17(13)20/h4-7,9-10H,2-3,8,11,19H2,1H3. The molecule has 0 saturated carbocycles. The van der Waals surface area contributed by atoms with Crippen molar-refractivity contribution in [2.45, 2.75) is 26.3 Å². The zero-order chi connectivity index (χ0) is 14.1. The zero-order valence-electron chi connectivity index (χ0n) is 11.7. The minimum atomic E-state index is 0.825. The van der Waals surface area contributed by atoms with Gasteiger partial charge in [0.15, 0.2) is 0 Å². The molecule has 1 aliphatic rings. The maximum absolute atomic E-state index is 6.36. The SMILES string of the molecule is Cc1ccc(CN2CCCc3ccc(N)cc32)c(Cl)c1. The van der Waals surface area contributed by atoms with E-state index in [1.807, 2.05) is 12.1 Å². The maximum Gasteiger partial charge on any atom is 0.0458 e. The summed E-state index contributed by atoms with van der Waals surface area (Å²) in [6.45, 7) is 3.96. The average Bonchev–Trinajstić information content (AvgIpc) is 2.42. The Balaban J connectivity index is 1.91. The van der Waals surface area contributed by atoms with Crippen molar-refractivity contribution in [2.75, 3.05) is 17.2 Å². The minimum Gasteiger partial charge on any atom is -0.399 e. The van der Waals surface area contributed by atoms with Gasteiger partial charge < -0.3 is 10.6 Å². The van der Waals surface area contributed by atoms with Crippen LogP contribution >= 0.6 is 11.6 Å². The summed E-state index contributed by atoms with van der Waals surface area (Å²) in [4.78, 5) is 2.38. The summed E-state index contributed by atoms with van der Waals surface area (Å²) < 4.78 is 0. The Labute approximate surface area is 125 Å². The van der Waals surface area contributed by atoms with Gasteiger partial charge >= 0.3 is 0 Å². The van der Waals surface area contributed by atoms with Crippen LogP contribution in [0.25, 0.3) is 0 Å². The largest absolute Gasteiger partial charge is 0.399 e. The molecule has 0 amide bonds. The second-order valence-electron chi connectivity index (χ2n) is 5.51. The molecule has 2 aromatic carbocycles. The molecule has 2 nitrogen and oxygen atoms in total. The van der Waals surface area contributed by atoms with E-state index < -0.39 is 0 Å². The van der Waals surface area contributed by atoms with E-state index in [2.05, 4.69) is 36.1 Å². The number of hydrogen-bond donors (Lipinski definition) is 1. The fourth-order valence-electron chi connectivity index (χ4n) is 2.82. The molecule has 0 atom stereocenters. The van der Waals surface area contributed by atoms with Gasteiger partial charge in [-0.25, -0.2) is 0 Å². The van der Waals surface area contributed by atoms with Gasteiger partial charge in [0.05, 0.1) is 0 Å². The lowest BCUT2D eigenvalue weighted by atomic mass is 10.0. The first kappa shape index (κ1) is 13.3. The Morgan fingerprint density at radius 2 is 2.05 bits per heavy atom. The van der Waals surface area contributed by atoms with E-state index in [1.54, 1.807) is 0 Å². The van der Waals surface area contributed by atoms with Gasteiger partial charge in [-0.3, -0.25) is 0 Å². The molecule has 1 heterocycles. The van der Waals surface area contributed by atoms with Crippen molar-refractivity contribution >= 4 is 23.0 Å². The molecular weight excluding hydrogens is 268 g/mol. The van der Waals surface area contributed by atoms with Crippen LogP contribution in [0.4, 0.5) is 11.4 Å². The van der Waals surface area contributed by atoms with E-state index in [9.17, 15) is 0 Å². The molecule has 0 saturated heterocycles. The van der Waals surface area contributed by atoms with Crippen molar-refractivity contribution in [3.05, 3.63) is 58.1 Å². The lowest BCUT2D eigenvalue weighted by molar-refractivity contribution is 0.691. The number of aryl methyl sites for hydroxylation is 2. The van der Waals surface area contributed by atoms with E-state index in [0.717, 1.165) is 30.2 Å². The number of nitrogens with two attached hydrogens (primary N) is 1. The number of benzene rings is 2. The molecule has 104 valence electrons. The first-order chi connectivity index (χ1) is 9.63. The predicted octanol–water partition coefficient (Wildman–Crippen LogP) is 4.18. The Bertz CT molecular complexity index is 637. The highest BCUT2D eigenvalue weighted by atomic mass is 35.5. The molecule has 0 spiro atoms. The Morgan fingerprint density at radius 1 is 1.20 bits per heavy atom. The summed E-state index contributed by atoms with van der Waals surface area (Å²) in [6, 6.07) is 12.5. The van der Waals surface area contributed by atoms with Crippen LogP contribution < -0.4 is 10.6 Å². The third-order valence-corrected chi connectivity index (χ3v) is 4.25. The quantitative estimate of drug-likeness (QED) is 0.839. The molecule has 0 radical (unpaired) electrons. The summed E-state index contributed by atoms with van der Waals surface area (Å²) in [5, 5.41) is 0.848. The molecule has 3 heteroatoms. The van der Waals surface area contributed by atoms with E-state index in [1.165, 1.54) is 28.8 Å². The number of hydrogen-bond acceptors (Lipinski definition) is 2. The van der Waals surface area contributed by atoms with Crippen LogP contribution in [-0.2, 0) is 13.0 Å². The summed E-state index contributed by atoms with van der Waals surface area (Å²) in [5.41, 5.74) is 11.8. The van der Waals surface area contributed by atoms with Crippen LogP contribution in [0.15, 0.2) is 36.4 Å². The summed E-state index contributed by atoms with van der Waals surface area (Å²) in [6.07, 6.45) is 2.31. The van der Waals surface area contributed by atoms with Crippen molar-refractivity contribution in [1.29, 1.82) is 0 Å². The first-order valence-corrected chi connectivity index (χ1v) is 7.39. The lowest BCUT2D eigenvalue weighted by Crippen LogP contribution is -2.29. The maximum atomic E-state index is 6.36. The van der Waals surface area contributed by atoms with Gasteiger partial charge in [-0.2, -0.15) is 0 Å². The summed E-state index contributed by atoms with van der Waals surface area (Å²) >= 11 is 6.36. The van der Waals surface area contributed by atoms with Crippen LogP contribution in [0.5, 0.6) is 0 Å². The molecular formula is C17H19ClN2. The van der Waals surface area contributed by atoms with Gasteiger partial charge in [-0.15, -0.1) is 0 Å². The van der Waals surface area contributed by atoms with E-state index in [0.29, 0.717) is 0 Å². The van der Waals surface area contributed by atoms with Gasteiger partial charge in [0, 0.05) is 29.5 Å². The van der Waals surface area contributed by atoms with Gasteiger partial charge in [0.2, 0.25) is 0 Å². The highest BCUT2D eigenvalue weighted by Crippen LogP contribution is 2.31. The smallest absolute Gasteiger partial charge is 0.0458 e. The molecule has 0 aromatic heterocycles. The fraction of sp³-hybridized carbons (Fsp3) is 0.294. The van der Waals surface area contributed by atoms with Crippen molar-refractivity contribution in [2.24, 2.45) is 0 Å². The van der Waals surface area contributed by atoms with Crippen LogP contribution in [0.3, 0.4) is 0 Å². The molecule has 0 unspecified atom stereocenters.